The number of rotatable bonds is 8. The molecule has 154 valence electrons. The Kier molecular flexibility index (Phi) is 6.70. The number of amides is 1. The molecule has 0 fully saturated rings. The van der Waals surface area contributed by atoms with Crippen molar-refractivity contribution in [3.05, 3.63) is 64.2 Å². The molecule has 0 spiro atoms. The Labute approximate surface area is 174 Å². The van der Waals surface area contributed by atoms with Crippen LogP contribution in [0.15, 0.2) is 53.7 Å². The Morgan fingerprint density at radius 2 is 1.87 bits per heavy atom. The Balaban J connectivity index is 1.59. The second-order valence-corrected chi connectivity index (χ2v) is 6.72. The van der Waals surface area contributed by atoms with Crippen LogP contribution >= 0.6 is 11.8 Å². The number of tetrazole rings is 1. The molecule has 3 rings (SSSR count). The number of thioether (sulfide) groups is 1. The van der Waals surface area contributed by atoms with Gasteiger partial charge in [-0.05, 0) is 53.7 Å². The first-order valence-corrected chi connectivity index (χ1v) is 9.69. The summed E-state index contributed by atoms with van der Waals surface area (Å²) in [5, 5.41) is 25.2. The molecule has 1 N–H and O–H groups in total. The number of nitrogens with zero attached hydrogens (tertiary/aromatic N) is 5. The molecule has 0 atom stereocenters. The summed E-state index contributed by atoms with van der Waals surface area (Å²) in [5.74, 6) is -0.682. The van der Waals surface area contributed by atoms with Crippen LogP contribution in [0.1, 0.15) is 17.3 Å². The summed E-state index contributed by atoms with van der Waals surface area (Å²) in [7, 11) is 0. The van der Waals surface area contributed by atoms with E-state index in [-0.39, 0.29) is 24.0 Å². The molecular formula is C18H16N6O5S. The minimum absolute atomic E-state index is 0.0347. The molecule has 0 unspecified atom stereocenters. The van der Waals surface area contributed by atoms with Crippen LogP contribution in [-0.2, 0) is 9.53 Å². The Morgan fingerprint density at radius 1 is 1.17 bits per heavy atom. The number of esters is 1. The molecule has 0 saturated heterocycles. The second-order valence-electron chi connectivity index (χ2n) is 5.78. The van der Waals surface area contributed by atoms with Gasteiger partial charge in [-0.1, -0.05) is 11.8 Å². The standard InChI is InChI=1S/C18H16N6O5S/c1-2-29-17(26)12-3-5-13(6-4-12)19-16(25)11-30-18-20-21-22-23(18)14-7-9-15(10-8-14)24(27)28/h3-10H,2,11H2,1H3,(H,19,25). The lowest BCUT2D eigenvalue weighted by Gasteiger charge is -2.07. The number of carbonyl (C=O) groups is 2. The lowest BCUT2D eigenvalue weighted by molar-refractivity contribution is -0.384. The Bertz CT molecular complexity index is 1050. The van der Waals surface area contributed by atoms with E-state index in [0.717, 1.165) is 11.8 Å². The van der Waals surface area contributed by atoms with Crippen molar-refractivity contribution in [2.45, 2.75) is 12.1 Å². The topological polar surface area (TPSA) is 142 Å². The molecule has 0 aliphatic rings. The number of aromatic nitrogens is 4. The molecule has 30 heavy (non-hydrogen) atoms. The lowest BCUT2D eigenvalue weighted by atomic mass is 10.2. The molecule has 2 aromatic carbocycles. The van der Waals surface area contributed by atoms with Gasteiger partial charge in [0.1, 0.15) is 0 Å². The maximum absolute atomic E-state index is 12.2. The predicted molar refractivity (Wildman–Crippen MR) is 108 cm³/mol. The zero-order chi connectivity index (χ0) is 21.5. The molecular weight excluding hydrogens is 412 g/mol. The van der Waals surface area contributed by atoms with Crippen molar-refractivity contribution in [1.29, 1.82) is 0 Å². The van der Waals surface area contributed by atoms with Crippen molar-refractivity contribution in [3.63, 3.8) is 0 Å². The van der Waals surface area contributed by atoms with Crippen molar-refractivity contribution < 1.29 is 19.2 Å². The van der Waals surface area contributed by atoms with Crippen LogP contribution in [-0.4, -0.2) is 49.4 Å². The number of benzene rings is 2. The van der Waals surface area contributed by atoms with E-state index in [0.29, 0.717) is 22.1 Å². The number of nitro benzene ring substituents is 1. The third-order valence-electron chi connectivity index (χ3n) is 3.76. The third kappa shape index (κ3) is 5.17. The normalized spacial score (nSPS) is 10.4. The minimum atomic E-state index is -0.497. The first-order valence-electron chi connectivity index (χ1n) is 8.71. The minimum Gasteiger partial charge on any atom is -0.462 e. The summed E-state index contributed by atoms with van der Waals surface area (Å²) in [6.07, 6.45) is 0. The average molecular weight is 428 g/mol. The fourth-order valence-corrected chi connectivity index (χ4v) is 3.07. The number of nitro groups is 1. The van der Waals surface area contributed by atoms with Gasteiger partial charge in [0, 0.05) is 17.8 Å². The number of non-ortho nitro benzene ring substituents is 1. The predicted octanol–water partition coefficient (Wildman–Crippen LogP) is 2.48. The summed E-state index contributed by atoms with van der Waals surface area (Å²) < 4.78 is 6.30. The van der Waals surface area contributed by atoms with Gasteiger partial charge in [-0.3, -0.25) is 14.9 Å². The highest BCUT2D eigenvalue weighted by atomic mass is 32.2. The van der Waals surface area contributed by atoms with Crippen LogP contribution in [0.4, 0.5) is 11.4 Å². The first-order chi connectivity index (χ1) is 14.5. The van der Waals surface area contributed by atoms with Crippen molar-refractivity contribution in [2.75, 3.05) is 17.7 Å². The third-order valence-corrected chi connectivity index (χ3v) is 4.68. The van der Waals surface area contributed by atoms with Gasteiger partial charge in [0.15, 0.2) is 0 Å². The van der Waals surface area contributed by atoms with Crippen molar-refractivity contribution in [3.8, 4) is 5.69 Å². The van der Waals surface area contributed by atoms with E-state index in [9.17, 15) is 19.7 Å². The van der Waals surface area contributed by atoms with Gasteiger partial charge in [-0.25, -0.2) is 4.79 Å². The van der Waals surface area contributed by atoms with Gasteiger partial charge >= 0.3 is 5.97 Å². The average Bonchev–Trinajstić information content (AvgIpc) is 3.21. The van der Waals surface area contributed by atoms with Crippen molar-refractivity contribution in [2.24, 2.45) is 0 Å². The molecule has 1 heterocycles. The van der Waals surface area contributed by atoms with Crippen molar-refractivity contribution in [1.82, 2.24) is 20.2 Å². The van der Waals surface area contributed by atoms with Gasteiger partial charge in [0.25, 0.3) is 5.69 Å². The van der Waals surface area contributed by atoms with Crippen LogP contribution in [0, 0.1) is 10.1 Å². The summed E-state index contributed by atoms with van der Waals surface area (Å²) in [6, 6.07) is 12.1. The van der Waals surface area contributed by atoms with Gasteiger partial charge < -0.3 is 10.1 Å². The monoisotopic (exact) mass is 428 g/mol. The quantitative estimate of drug-likeness (QED) is 0.248. The summed E-state index contributed by atoms with van der Waals surface area (Å²) in [6.45, 7) is 2.01. The summed E-state index contributed by atoms with van der Waals surface area (Å²) in [4.78, 5) is 34.1. The van der Waals surface area contributed by atoms with Crippen LogP contribution in [0.5, 0.6) is 0 Å². The number of hydrogen-bond donors (Lipinski definition) is 1. The van der Waals surface area contributed by atoms with E-state index in [2.05, 4.69) is 20.8 Å². The number of ether oxygens (including phenoxy) is 1. The molecule has 1 aromatic heterocycles. The molecule has 3 aromatic rings. The highest BCUT2D eigenvalue weighted by Gasteiger charge is 2.13. The SMILES string of the molecule is CCOC(=O)c1ccc(NC(=O)CSc2nnnn2-c2ccc([N+](=O)[O-])cc2)cc1. The second kappa shape index (κ2) is 9.60. The van der Waals surface area contributed by atoms with Gasteiger partial charge in [-0.15, -0.1) is 5.10 Å². The number of hydrogen-bond acceptors (Lipinski definition) is 9. The zero-order valence-electron chi connectivity index (χ0n) is 15.7. The molecule has 1 amide bonds. The van der Waals surface area contributed by atoms with E-state index in [1.54, 1.807) is 31.2 Å². The van der Waals surface area contributed by atoms with Crippen LogP contribution < -0.4 is 5.32 Å². The number of nitrogens with one attached hydrogen (secondary N) is 1. The molecule has 11 nitrogen and oxygen atoms in total. The molecule has 12 heteroatoms. The molecule has 0 aliphatic carbocycles. The maximum Gasteiger partial charge on any atom is 0.338 e. The van der Waals surface area contributed by atoms with Crippen LogP contribution in [0.2, 0.25) is 0 Å². The lowest BCUT2D eigenvalue weighted by Crippen LogP contribution is -2.15. The Hall–Kier alpha value is -3.80. The fraction of sp³-hybridized carbons (Fsp3) is 0.167. The maximum atomic E-state index is 12.2. The first kappa shape index (κ1) is 20.9. The summed E-state index contributed by atoms with van der Waals surface area (Å²) >= 11 is 1.11. The van der Waals surface area contributed by atoms with E-state index < -0.39 is 10.9 Å². The highest BCUT2D eigenvalue weighted by Crippen LogP contribution is 2.21. The molecule has 0 bridgehead atoms. The van der Waals surface area contributed by atoms with Crippen LogP contribution in [0.3, 0.4) is 0 Å². The smallest absolute Gasteiger partial charge is 0.338 e. The zero-order valence-corrected chi connectivity index (χ0v) is 16.5. The van der Waals surface area contributed by atoms with E-state index in [1.807, 2.05) is 0 Å². The van der Waals surface area contributed by atoms with Gasteiger partial charge in [0.2, 0.25) is 11.1 Å². The molecule has 0 saturated carbocycles. The number of anilines is 1. The fourth-order valence-electron chi connectivity index (χ4n) is 2.38. The number of carbonyl (C=O) groups excluding carboxylic acids is 2. The van der Waals surface area contributed by atoms with Gasteiger partial charge in [0.05, 0.1) is 28.5 Å². The van der Waals surface area contributed by atoms with Crippen LogP contribution in [0.25, 0.3) is 5.69 Å². The van der Waals surface area contributed by atoms with Crippen molar-refractivity contribution >= 4 is 35.0 Å². The van der Waals surface area contributed by atoms with E-state index in [4.69, 9.17) is 4.74 Å². The molecule has 0 aliphatic heterocycles. The van der Waals surface area contributed by atoms with E-state index >= 15 is 0 Å². The summed E-state index contributed by atoms with van der Waals surface area (Å²) in [5.41, 5.74) is 1.41. The molecule has 0 radical (unpaired) electrons. The van der Waals surface area contributed by atoms with E-state index in [1.165, 1.54) is 28.9 Å². The van der Waals surface area contributed by atoms with Gasteiger partial charge in [-0.2, -0.15) is 4.68 Å². The Morgan fingerprint density at radius 3 is 2.50 bits per heavy atom. The highest BCUT2D eigenvalue weighted by molar-refractivity contribution is 7.99. The largest absolute Gasteiger partial charge is 0.462 e.